The number of anilines is 3. The van der Waals surface area contributed by atoms with Gasteiger partial charge in [-0.25, -0.2) is 8.42 Å². The van der Waals surface area contributed by atoms with Gasteiger partial charge in [-0.3, -0.25) is 14.7 Å². The number of nitrogens with one attached hydrogen (secondary N) is 2. The highest BCUT2D eigenvalue weighted by molar-refractivity contribution is 7.92. The second kappa shape index (κ2) is 6.20. The van der Waals surface area contributed by atoms with Crippen LogP contribution in [0.5, 0.6) is 0 Å². The highest BCUT2D eigenvalue weighted by atomic mass is 32.2. The molecule has 0 atom stereocenters. The minimum atomic E-state index is -3.42. The molecule has 106 valence electrons. The molecule has 0 saturated heterocycles. The summed E-state index contributed by atoms with van der Waals surface area (Å²) in [4.78, 5) is 7.73. The largest absolute Gasteiger partial charge is 0.397 e. The van der Waals surface area contributed by atoms with E-state index in [0.29, 0.717) is 17.1 Å². The van der Waals surface area contributed by atoms with Crippen molar-refractivity contribution < 1.29 is 8.42 Å². The van der Waals surface area contributed by atoms with E-state index < -0.39 is 10.0 Å². The first-order valence-corrected chi connectivity index (χ1v) is 7.56. The molecule has 2 aromatic rings. The van der Waals surface area contributed by atoms with E-state index in [0.717, 1.165) is 0 Å². The van der Waals surface area contributed by atoms with E-state index in [-0.39, 0.29) is 12.3 Å². The van der Waals surface area contributed by atoms with Crippen LogP contribution in [0.25, 0.3) is 0 Å². The van der Waals surface area contributed by atoms with Crippen LogP contribution >= 0.6 is 0 Å². The Kier molecular flexibility index (Phi) is 4.36. The Balaban J connectivity index is 1.89. The molecule has 0 spiro atoms. The van der Waals surface area contributed by atoms with Gasteiger partial charge in [0.15, 0.2) is 0 Å². The van der Waals surface area contributed by atoms with Gasteiger partial charge in [0.25, 0.3) is 0 Å². The number of nitrogens with two attached hydrogens (primary N) is 1. The topological polar surface area (TPSA) is 110 Å². The zero-order valence-corrected chi connectivity index (χ0v) is 11.5. The molecule has 0 aliphatic heterocycles. The molecule has 7 nitrogen and oxygen atoms in total. The Bertz CT molecular complexity index is 661. The highest BCUT2D eigenvalue weighted by Crippen LogP contribution is 2.14. The summed E-state index contributed by atoms with van der Waals surface area (Å²) < 4.78 is 26.2. The van der Waals surface area contributed by atoms with Gasteiger partial charge in [-0.1, -0.05) is 0 Å². The Morgan fingerprint density at radius 2 is 1.80 bits per heavy atom. The Morgan fingerprint density at radius 1 is 1.10 bits per heavy atom. The Labute approximate surface area is 117 Å². The van der Waals surface area contributed by atoms with Crippen LogP contribution in [-0.4, -0.2) is 30.7 Å². The van der Waals surface area contributed by atoms with E-state index in [1.54, 1.807) is 30.6 Å². The number of aromatic nitrogens is 2. The molecule has 0 aliphatic carbocycles. The summed E-state index contributed by atoms with van der Waals surface area (Å²) in [7, 11) is -3.42. The summed E-state index contributed by atoms with van der Waals surface area (Å²) in [6.07, 6.45) is 6.17. The van der Waals surface area contributed by atoms with Crippen LogP contribution in [0.3, 0.4) is 0 Å². The Hall–Kier alpha value is -2.35. The molecule has 2 rings (SSSR count). The predicted octanol–water partition coefficient (Wildman–Crippen LogP) is 0.913. The first kappa shape index (κ1) is 14.1. The van der Waals surface area contributed by atoms with E-state index in [1.807, 2.05) is 0 Å². The molecule has 0 amide bonds. The van der Waals surface area contributed by atoms with Gasteiger partial charge >= 0.3 is 0 Å². The second-order valence-electron chi connectivity index (χ2n) is 4.05. The third-order valence-corrected chi connectivity index (χ3v) is 3.78. The van der Waals surface area contributed by atoms with Gasteiger partial charge in [-0.05, 0) is 18.2 Å². The van der Waals surface area contributed by atoms with Crippen LogP contribution < -0.4 is 15.8 Å². The van der Waals surface area contributed by atoms with Crippen molar-refractivity contribution >= 4 is 27.1 Å². The van der Waals surface area contributed by atoms with Crippen molar-refractivity contribution in [2.75, 3.05) is 28.1 Å². The van der Waals surface area contributed by atoms with Crippen LogP contribution in [0.15, 0.2) is 43.0 Å². The lowest BCUT2D eigenvalue weighted by Gasteiger charge is -2.10. The molecule has 0 aromatic carbocycles. The lowest BCUT2D eigenvalue weighted by atomic mass is 10.3. The second-order valence-corrected chi connectivity index (χ2v) is 5.89. The molecule has 2 aromatic heterocycles. The monoisotopic (exact) mass is 293 g/mol. The van der Waals surface area contributed by atoms with E-state index in [9.17, 15) is 8.42 Å². The van der Waals surface area contributed by atoms with Crippen molar-refractivity contribution in [1.29, 1.82) is 0 Å². The highest BCUT2D eigenvalue weighted by Gasteiger charge is 2.10. The minimum absolute atomic E-state index is 0.0797. The van der Waals surface area contributed by atoms with Crippen LogP contribution in [0.4, 0.5) is 17.1 Å². The normalized spacial score (nSPS) is 11.0. The van der Waals surface area contributed by atoms with E-state index in [1.165, 1.54) is 12.4 Å². The van der Waals surface area contributed by atoms with E-state index in [2.05, 4.69) is 20.0 Å². The van der Waals surface area contributed by atoms with Crippen molar-refractivity contribution in [3.8, 4) is 0 Å². The smallest absolute Gasteiger partial charge is 0.234 e. The average molecular weight is 293 g/mol. The van der Waals surface area contributed by atoms with Crippen molar-refractivity contribution in [2.45, 2.75) is 0 Å². The fourth-order valence-electron chi connectivity index (χ4n) is 1.52. The number of rotatable bonds is 6. The SMILES string of the molecule is Nc1ccncc1NCCS(=O)(=O)Nc1ccncc1. The van der Waals surface area contributed by atoms with Gasteiger partial charge in [0.2, 0.25) is 10.0 Å². The molecule has 0 aliphatic rings. The maximum absolute atomic E-state index is 11.9. The molecule has 0 bridgehead atoms. The zero-order chi connectivity index (χ0) is 14.4. The first-order chi connectivity index (χ1) is 9.57. The lowest BCUT2D eigenvalue weighted by molar-refractivity contribution is 0.601. The van der Waals surface area contributed by atoms with Gasteiger partial charge < -0.3 is 11.1 Å². The summed E-state index contributed by atoms with van der Waals surface area (Å²) >= 11 is 0. The fraction of sp³-hybridized carbons (Fsp3) is 0.167. The maximum Gasteiger partial charge on any atom is 0.234 e. The summed E-state index contributed by atoms with van der Waals surface area (Å²) in [5.74, 6) is -0.0797. The molecule has 8 heteroatoms. The summed E-state index contributed by atoms with van der Waals surface area (Å²) in [6, 6.07) is 4.82. The van der Waals surface area contributed by atoms with Crippen molar-refractivity contribution in [3.05, 3.63) is 43.0 Å². The van der Waals surface area contributed by atoms with Crippen molar-refractivity contribution in [1.82, 2.24) is 9.97 Å². The number of pyridine rings is 2. The van der Waals surface area contributed by atoms with E-state index in [4.69, 9.17) is 5.73 Å². The van der Waals surface area contributed by atoms with Crippen molar-refractivity contribution in [2.24, 2.45) is 0 Å². The van der Waals surface area contributed by atoms with Gasteiger partial charge in [-0.2, -0.15) is 0 Å². The lowest BCUT2D eigenvalue weighted by Crippen LogP contribution is -2.22. The third kappa shape index (κ3) is 4.09. The molecule has 0 fully saturated rings. The van der Waals surface area contributed by atoms with Crippen LogP contribution in [0.1, 0.15) is 0 Å². The molecule has 20 heavy (non-hydrogen) atoms. The number of hydrogen-bond donors (Lipinski definition) is 3. The van der Waals surface area contributed by atoms with Crippen LogP contribution in [0, 0.1) is 0 Å². The number of sulfonamides is 1. The van der Waals surface area contributed by atoms with Crippen LogP contribution in [-0.2, 0) is 10.0 Å². The summed E-state index contributed by atoms with van der Waals surface area (Å²) in [5, 5.41) is 2.94. The fourth-order valence-corrected chi connectivity index (χ4v) is 2.49. The molecule has 4 N–H and O–H groups in total. The summed E-state index contributed by atoms with van der Waals surface area (Å²) in [6.45, 7) is 0.232. The average Bonchev–Trinajstić information content (AvgIpc) is 2.41. The van der Waals surface area contributed by atoms with Crippen LogP contribution in [0.2, 0.25) is 0 Å². The van der Waals surface area contributed by atoms with E-state index >= 15 is 0 Å². The van der Waals surface area contributed by atoms with Crippen molar-refractivity contribution in [3.63, 3.8) is 0 Å². The third-order valence-electron chi connectivity index (χ3n) is 2.49. The zero-order valence-electron chi connectivity index (χ0n) is 10.7. The molecule has 0 saturated carbocycles. The predicted molar refractivity (Wildman–Crippen MR) is 78.8 cm³/mol. The first-order valence-electron chi connectivity index (χ1n) is 5.91. The molecular formula is C12H15N5O2S. The number of hydrogen-bond acceptors (Lipinski definition) is 6. The Morgan fingerprint density at radius 3 is 2.50 bits per heavy atom. The molecule has 0 radical (unpaired) electrons. The molecule has 2 heterocycles. The number of nitrogens with zero attached hydrogens (tertiary/aromatic N) is 2. The number of nitrogen functional groups attached to an aromatic ring is 1. The summed E-state index contributed by atoms with van der Waals surface area (Å²) in [5.41, 5.74) is 7.35. The van der Waals surface area contributed by atoms with Gasteiger partial charge in [0.05, 0.1) is 29.0 Å². The van der Waals surface area contributed by atoms with Gasteiger partial charge in [0.1, 0.15) is 0 Å². The standard InChI is InChI=1S/C12H15N5O2S/c13-11-3-6-15-9-12(11)16-7-8-20(18,19)17-10-1-4-14-5-2-10/h1-6,9,16H,7-8H2,(H2,13,15)(H,14,17). The quantitative estimate of drug-likeness (QED) is 0.730. The maximum atomic E-state index is 11.9. The minimum Gasteiger partial charge on any atom is -0.397 e. The van der Waals surface area contributed by atoms with Gasteiger partial charge in [-0.15, -0.1) is 0 Å². The molecular weight excluding hydrogens is 278 g/mol. The van der Waals surface area contributed by atoms with Gasteiger partial charge in [0, 0.05) is 25.1 Å². The molecule has 0 unspecified atom stereocenters.